The van der Waals surface area contributed by atoms with Crippen molar-refractivity contribution in [3.05, 3.63) is 70.7 Å². The van der Waals surface area contributed by atoms with Crippen LogP contribution in [0.1, 0.15) is 30.4 Å². The summed E-state index contributed by atoms with van der Waals surface area (Å²) in [6.45, 7) is 2.62. The molecule has 2 aromatic rings. The molecule has 0 aliphatic carbocycles. The minimum absolute atomic E-state index is 0.0660. The van der Waals surface area contributed by atoms with E-state index in [2.05, 4.69) is 5.32 Å². The highest BCUT2D eigenvalue weighted by molar-refractivity contribution is 6.30. The van der Waals surface area contributed by atoms with Crippen LogP contribution in [-0.2, 0) is 11.3 Å². The second-order valence-corrected chi connectivity index (χ2v) is 5.36. The molecular weight excluding hydrogens is 270 g/mol. The Bertz CT molecular complexity index is 551. The highest BCUT2D eigenvalue weighted by Gasteiger charge is 2.10. The molecule has 1 atom stereocenters. The third-order valence-corrected chi connectivity index (χ3v) is 3.52. The van der Waals surface area contributed by atoms with Crippen LogP contribution >= 0.6 is 11.6 Å². The number of amides is 1. The first-order chi connectivity index (χ1) is 9.65. The first-order valence-electron chi connectivity index (χ1n) is 6.71. The molecule has 1 amide bonds. The largest absolute Gasteiger partial charge is 0.352 e. The number of halogens is 1. The predicted molar refractivity (Wildman–Crippen MR) is 82.8 cm³/mol. The fourth-order valence-corrected chi connectivity index (χ4v) is 2.18. The summed E-state index contributed by atoms with van der Waals surface area (Å²) < 4.78 is 0. The number of hydrogen-bond donors (Lipinski definition) is 1. The Morgan fingerprint density at radius 1 is 1.10 bits per heavy atom. The molecule has 2 aromatic carbocycles. The highest BCUT2D eigenvalue weighted by Crippen LogP contribution is 2.20. The van der Waals surface area contributed by atoms with Crippen LogP contribution in [0.25, 0.3) is 0 Å². The van der Waals surface area contributed by atoms with Gasteiger partial charge in [0.25, 0.3) is 0 Å². The molecule has 2 rings (SSSR count). The molecule has 0 bridgehead atoms. The average molecular weight is 288 g/mol. The second-order valence-electron chi connectivity index (χ2n) is 4.92. The van der Waals surface area contributed by atoms with Crippen LogP contribution in [0.5, 0.6) is 0 Å². The summed E-state index contributed by atoms with van der Waals surface area (Å²) in [6.07, 6.45) is 0.481. The molecule has 1 N–H and O–H groups in total. The minimum atomic E-state index is 0.0660. The van der Waals surface area contributed by atoms with Crippen molar-refractivity contribution in [3.63, 3.8) is 0 Å². The molecule has 0 radical (unpaired) electrons. The Morgan fingerprint density at radius 3 is 2.40 bits per heavy atom. The summed E-state index contributed by atoms with van der Waals surface area (Å²) >= 11 is 5.86. The van der Waals surface area contributed by atoms with E-state index in [1.807, 2.05) is 61.5 Å². The molecule has 0 saturated carbocycles. The lowest BCUT2D eigenvalue weighted by atomic mass is 9.97. The zero-order chi connectivity index (χ0) is 14.4. The Hall–Kier alpha value is -1.80. The van der Waals surface area contributed by atoms with Gasteiger partial charge in [-0.15, -0.1) is 0 Å². The molecule has 104 valence electrons. The van der Waals surface area contributed by atoms with Crippen LogP contribution < -0.4 is 5.32 Å². The first kappa shape index (κ1) is 14.6. The van der Waals surface area contributed by atoms with Crippen molar-refractivity contribution in [1.29, 1.82) is 0 Å². The van der Waals surface area contributed by atoms with E-state index in [4.69, 9.17) is 11.6 Å². The van der Waals surface area contributed by atoms with E-state index < -0.39 is 0 Å². The Labute approximate surface area is 124 Å². The summed E-state index contributed by atoms with van der Waals surface area (Å²) in [6, 6.07) is 17.6. The third-order valence-electron chi connectivity index (χ3n) is 3.26. The van der Waals surface area contributed by atoms with Gasteiger partial charge in [0, 0.05) is 18.0 Å². The minimum Gasteiger partial charge on any atom is -0.352 e. The SMILES string of the molecule is C[C@@H](CC(=O)NCc1ccccc1)c1ccc(Cl)cc1. The van der Waals surface area contributed by atoms with Crippen LogP contribution in [0.2, 0.25) is 5.02 Å². The number of carbonyl (C=O) groups is 1. The number of benzene rings is 2. The standard InChI is InChI=1S/C17H18ClNO/c1-13(15-7-9-16(18)10-8-15)11-17(20)19-12-14-5-3-2-4-6-14/h2-10,13H,11-12H2,1H3,(H,19,20)/t13-/m0/s1. The maximum Gasteiger partial charge on any atom is 0.220 e. The van der Waals surface area contributed by atoms with E-state index in [-0.39, 0.29) is 11.8 Å². The summed E-state index contributed by atoms with van der Waals surface area (Å²) in [7, 11) is 0. The van der Waals surface area contributed by atoms with Crippen molar-refractivity contribution in [2.45, 2.75) is 25.8 Å². The van der Waals surface area contributed by atoms with E-state index in [9.17, 15) is 4.79 Å². The fraction of sp³-hybridized carbons (Fsp3) is 0.235. The molecule has 0 saturated heterocycles. The molecule has 0 aliphatic heterocycles. The number of carbonyl (C=O) groups excluding carboxylic acids is 1. The van der Waals surface area contributed by atoms with Gasteiger partial charge >= 0.3 is 0 Å². The van der Waals surface area contributed by atoms with Gasteiger partial charge in [-0.3, -0.25) is 4.79 Å². The quantitative estimate of drug-likeness (QED) is 0.879. The van der Waals surface area contributed by atoms with E-state index in [1.165, 1.54) is 0 Å². The molecule has 0 aliphatic rings. The zero-order valence-electron chi connectivity index (χ0n) is 11.5. The average Bonchev–Trinajstić information content (AvgIpc) is 2.47. The van der Waals surface area contributed by atoms with Gasteiger partial charge in [0.2, 0.25) is 5.91 Å². The molecule has 0 spiro atoms. The maximum atomic E-state index is 11.9. The van der Waals surface area contributed by atoms with Crippen LogP contribution in [0.3, 0.4) is 0 Å². The molecular formula is C17H18ClNO. The van der Waals surface area contributed by atoms with E-state index in [0.29, 0.717) is 13.0 Å². The Balaban J connectivity index is 1.83. The monoisotopic (exact) mass is 287 g/mol. The Kier molecular flexibility index (Phi) is 5.19. The van der Waals surface area contributed by atoms with Crippen molar-refractivity contribution in [1.82, 2.24) is 5.32 Å². The van der Waals surface area contributed by atoms with Gasteiger partial charge in [0.05, 0.1) is 0 Å². The van der Waals surface area contributed by atoms with Crippen molar-refractivity contribution in [2.75, 3.05) is 0 Å². The van der Waals surface area contributed by atoms with Crippen LogP contribution in [0.15, 0.2) is 54.6 Å². The highest BCUT2D eigenvalue weighted by atomic mass is 35.5. The van der Waals surface area contributed by atoms with Crippen LogP contribution in [-0.4, -0.2) is 5.91 Å². The number of nitrogens with one attached hydrogen (secondary N) is 1. The van der Waals surface area contributed by atoms with E-state index in [1.54, 1.807) is 0 Å². The fourth-order valence-electron chi connectivity index (χ4n) is 2.06. The zero-order valence-corrected chi connectivity index (χ0v) is 12.2. The summed E-state index contributed by atoms with van der Waals surface area (Å²) in [4.78, 5) is 11.9. The van der Waals surface area contributed by atoms with Gasteiger partial charge in [-0.05, 0) is 29.2 Å². The summed E-state index contributed by atoms with van der Waals surface area (Å²) in [5, 5.41) is 3.66. The van der Waals surface area contributed by atoms with Gasteiger partial charge in [-0.25, -0.2) is 0 Å². The van der Waals surface area contributed by atoms with Gasteiger partial charge in [0.15, 0.2) is 0 Å². The van der Waals surface area contributed by atoms with Gasteiger partial charge in [-0.1, -0.05) is 61.0 Å². The molecule has 2 nitrogen and oxygen atoms in total. The number of hydrogen-bond acceptors (Lipinski definition) is 1. The molecule has 0 unspecified atom stereocenters. The summed E-state index contributed by atoms with van der Waals surface area (Å²) in [5.74, 6) is 0.249. The van der Waals surface area contributed by atoms with Gasteiger partial charge in [-0.2, -0.15) is 0 Å². The van der Waals surface area contributed by atoms with Gasteiger partial charge in [0.1, 0.15) is 0 Å². The molecule has 0 aromatic heterocycles. The third kappa shape index (κ3) is 4.39. The van der Waals surface area contributed by atoms with Crippen molar-refractivity contribution in [2.24, 2.45) is 0 Å². The van der Waals surface area contributed by atoms with Crippen LogP contribution in [0, 0.1) is 0 Å². The number of rotatable bonds is 5. The van der Waals surface area contributed by atoms with Crippen molar-refractivity contribution >= 4 is 17.5 Å². The predicted octanol–water partition coefficient (Wildman–Crippen LogP) is 4.15. The first-order valence-corrected chi connectivity index (χ1v) is 7.09. The molecule has 3 heteroatoms. The second kappa shape index (κ2) is 7.11. The lowest BCUT2D eigenvalue weighted by molar-refractivity contribution is -0.121. The van der Waals surface area contributed by atoms with Crippen LogP contribution in [0.4, 0.5) is 0 Å². The molecule has 0 heterocycles. The lowest BCUT2D eigenvalue weighted by Crippen LogP contribution is -2.24. The lowest BCUT2D eigenvalue weighted by Gasteiger charge is -2.12. The normalized spacial score (nSPS) is 11.9. The molecule has 0 fully saturated rings. The van der Waals surface area contributed by atoms with Crippen molar-refractivity contribution in [3.8, 4) is 0 Å². The topological polar surface area (TPSA) is 29.1 Å². The Morgan fingerprint density at radius 2 is 1.75 bits per heavy atom. The van der Waals surface area contributed by atoms with Crippen molar-refractivity contribution < 1.29 is 4.79 Å². The summed E-state index contributed by atoms with van der Waals surface area (Å²) in [5.41, 5.74) is 2.24. The van der Waals surface area contributed by atoms with Gasteiger partial charge < -0.3 is 5.32 Å². The molecule has 20 heavy (non-hydrogen) atoms. The van der Waals surface area contributed by atoms with E-state index in [0.717, 1.165) is 16.1 Å². The maximum absolute atomic E-state index is 11.9. The smallest absolute Gasteiger partial charge is 0.220 e. The van der Waals surface area contributed by atoms with E-state index >= 15 is 0 Å².